The van der Waals surface area contributed by atoms with E-state index >= 15 is 0 Å². The highest BCUT2D eigenvalue weighted by Crippen LogP contribution is 2.24. The molecule has 188 valence electrons. The van der Waals surface area contributed by atoms with Crippen LogP contribution in [0.25, 0.3) is 0 Å². The number of methoxy groups -OCH3 is 1. The summed E-state index contributed by atoms with van der Waals surface area (Å²) in [4.78, 5) is 29.9. The fourth-order valence-corrected chi connectivity index (χ4v) is 6.11. The van der Waals surface area contributed by atoms with Crippen molar-refractivity contribution in [2.24, 2.45) is 5.92 Å². The van der Waals surface area contributed by atoms with Crippen molar-refractivity contribution in [1.29, 1.82) is 0 Å². The maximum atomic E-state index is 13.1. The van der Waals surface area contributed by atoms with Crippen LogP contribution in [0.2, 0.25) is 0 Å². The highest BCUT2D eigenvalue weighted by molar-refractivity contribution is 7.89. The van der Waals surface area contributed by atoms with Gasteiger partial charge in [-0.1, -0.05) is 19.1 Å². The number of piperidine rings is 1. The number of nitrogens with zero attached hydrogens (tertiary/aromatic N) is 3. The highest BCUT2D eigenvalue weighted by atomic mass is 32.2. The van der Waals surface area contributed by atoms with Gasteiger partial charge in [-0.15, -0.1) is 0 Å². The van der Waals surface area contributed by atoms with E-state index in [-0.39, 0.29) is 16.7 Å². The van der Waals surface area contributed by atoms with E-state index in [4.69, 9.17) is 4.74 Å². The molecule has 0 unspecified atom stereocenters. The van der Waals surface area contributed by atoms with Gasteiger partial charge in [-0.25, -0.2) is 8.42 Å². The Bertz CT molecular complexity index is 1160. The van der Waals surface area contributed by atoms with E-state index in [2.05, 4.69) is 6.92 Å². The smallest absolute Gasteiger partial charge is 0.257 e. The molecule has 2 aromatic rings. The third-order valence-corrected chi connectivity index (χ3v) is 8.80. The van der Waals surface area contributed by atoms with Crippen LogP contribution in [0.3, 0.4) is 0 Å². The quantitative estimate of drug-likeness (QED) is 0.631. The predicted octanol–water partition coefficient (Wildman–Crippen LogP) is 3.10. The lowest BCUT2D eigenvalue weighted by Crippen LogP contribution is -2.38. The molecular weight excluding hydrogens is 466 g/mol. The van der Waals surface area contributed by atoms with Crippen molar-refractivity contribution < 1.29 is 22.7 Å². The highest BCUT2D eigenvalue weighted by Gasteiger charge is 2.29. The summed E-state index contributed by atoms with van der Waals surface area (Å²) in [6.07, 6.45) is 2.38. The number of para-hydroxylation sites is 1. The first-order valence-electron chi connectivity index (χ1n) is 12.1. The fraction of sp³-hybridized carbons (Fsp3) is 0.462. The molecule has 0 spiro atoms. The molecule has 0 saturated carbocycles. The molecule has 2 amide bonds. The number of rotatable bonds is 5. The summed E-state index contributed by atoms with van der Waals surface area (Å²) < 4.78 is 32.8. The average molecular weight is 500 g/mol. The van der Waals surface area contributed by atoms with Gasteiger partial charge in [-0.3, -0.25) is 9.59 Å². The van der Waals surface area contributed by atoms with Gasteiger partial charge in [-0.05, 0) is 61.6 Å². The van der Waals surface area contributed by atoms with Crippen LogP contribution >= 0.6 is 0 Å². The molecule has 0 radical (unpaired) electrons. The second-order valence-electron chi connectivity index (χ2n) is 9.25. The zero-order valence-corrected chi connectivity index (χ0v) is 21.2. The lowest BCUT2D eigenvalue weighted by atomic mass is 10.0. The molecule has 0 aromatic heterocycles. The molecule has 2 aromatic carbocycles. The van der Waals surface area contributed by atoms with E-state index in [0.29, 0.717) is 68.5 Å². The number of ether oxygens (including phenoxy) is 1. The Balaban J connectivity index is 1.40. The zero-order chi connectivity index (χ0) is 25.0. The Kier molecular flexibility index (Phi) is 7.76. The average Bonchev–Trinajstić information content (AvgIpc) is 3.14. The Morgan fingerprint density at radius 3 is 2.06 bits per heavy atom. The van der Waals surface area contributed by atoms with Gasteiger partial charge >= 0.3 is 0 Å². The molecule has 2 saturated heterocycles. The van der Waals surface area contributed by atoms with Gasteiger partial charge in [0.1, 0.15) is 5.75 Å². The number of hydrogen-bond donors (Lipinski definition) is 0. The number of hydrogen-bond acceptors (Lipinski definition) is 5. The molecule has 0 aliphatic carbocycles. The topological polar surface area (TPSA) is 87.2 Å². The van der Waals surface area contributed by atoms with Gasteiger partial charge in [0.2, 0.25) is 10.0 Å². The number of benzene rings is 2. The van der Waals surface area contributed by atoms with E-state index in [0.717, 1.165) is 12.8 Å². The normalized spacial score (nSPS) is 18.2. The van der Waals surface area contributed by atoms with E-state index in [9.17, 15) is 18.0 Å². The first kappa shape index (κ1) is 25.2. The van der Waals surface area contributed by atoms with Crippen molar-refractivity contribution in [3.05, 3.63) is 59.7 Å². The Labute approximate surface area is 207 Å². The number of sulfonamides is 1. The van der Waals surface area contributed by atoms with E-state index in [1.807, 2.05) is 6.07 Å². The van der Waals surface area contributed by atoms with E-state index < -0.39 is 10.0 Å². The summed E-state index contributed by atoms with van der Waals surface area (Å²) in [7, 11) is -2.01. The SMILES string of the molecule is COc1ccccc1C(=O)N1CCCN(C(=O)c2ccc(S(=O)(=O)N3CCC(C)CC3)cc2)CC1. The summed E-state index contributed by atoms with van der Waals surface area (Å²) in [5.74, 6) is 0.797. The summed E-state index contributed by atoms with van der Waals surface area (Å²) in [5.41, 5.74) is 0.954. The van der Waals surface area contributed by atoms with Crippen molar-refractivity contribution in [2.45, 2.75) is 31.1 Å². The largest absolute Gasteiger partial charge is 0.496 e. The van der Waals surface area contributed by atoms with Crippen molar-refractivity contribution in [3.63, 3.8) is 0 Å². The maximum Gasteiger partial charge on any atom is 0.257 e. The Morgan fingerprint density at radius 2 is 1.43 bits per heavy atom. The van der Waals surface area contributed by atoms with Gasteiger partial charge in [-0.2, -0.15) is 4.31 Å². The molecule has 2 heterocycles. The first-order valence-corrected chi connectivity index (χ1v) is 13.6. The minimum atomic E-state index is -3.55. The molecule has 2 aliphatic heterocycles. The molecule has 4 rings (SSSR count). The van der Waals surface area contributed by atoms with Crippen LogP contribution < -0.4 is 4.74 Å². The number of amides is 2. The fourth-order valence-electron chi connectivity index (χ4n) is 4.64. The van der Waals surface area contributed by atoms with Crippen LogP contribution in [0.5, 0.6) is 5.75 Å². The first-order chi connectivity index (χ1) is 16.8. The molecule has 0 bridgehead atoms. The van der Waals surface area contributed by atoms with Crippen LogP contribution in [0.15, 0.2) is 53.4 Å². The second-order valence-corrected chi connectivity index (χ2v) is 11.2. The van der Waals surface area contributed by atoms with Gasteiger partial charge < -0.3 is 14.5 Å². The molecular formula is C26H33N3O5S. The molecule has 35 heavy (non-hydrogen) atoms. The minimum Gasteiger partial charge on any atom is -0.496 e. The predicted molar refractivity (Wildman–Crippen MR) is 133 cm³/mol. The third kappa shape index (κ3) is 5.51. The number of carbonyl (C=O) groups excluding carboxylic acids is 2. The van der Waals surface area contributed by atoms with Gasteiger partial charge in [0.05, 0.1) is 17.6 Å². The molecule has 0 atom stereocenters. The molecule has 8 nitrogen and oxygen atoms in total. The molecule has 0 N–H and O–H groups in total. The van der Waals surface area contributed by atoms with Crippen LogP contribution in [-0.4, -0.2) is 80.7 Å². The minimum absolute atomic E-state index is 0.113. The third-order valence-electron chi connectivity index (χ3n) is 6.89. The van der Waals surface area contributed by atoms with Crippen molar-refractivity contribution in [1.82, 2.24) is 14.1 Å². The molecule has 9 heteroatoms. The summed E-state index contributed by atoms with van der Waals surface area (Å²) in [6.45, 7) is 5.10. The second kappa shape index (κ2) is 10.8. The monoisotopic (exact) mass is 499 g/mol. The lowest BCUT2D eigenvalue weighted by Gasteiger charge is -2.29. The van der Waals surface area contributed by atoms with Crippen molar-refractivity contribution in [3.8, 4) is 5.75 Å². The Morgan fingerprint density at radius 1 is 0.829 bits per heavy atom. The van der Waals surface area contributed by atoms with Crippen LogP contribution in [0, 0.1) is 5.92 Å². The van der Waals surface area contributed by atoms with Crippen molar-refractivity contribution in [2.75, 3.05) is 46.4 Å². The van der Waals surface area contributed by atoms with Gasteiger partial charge in [0, 0.05) is 44.8 Å². The standard InChI is InChI=1S/C26H33N3O5S/c1-20-12-16-29(17-13-20)35(32,33)22-10-8-21(9-11-22)25(30)27-14-5-15-28(19-18-27)26(31)23-6-3-4-7-24(23)34-2/h3-4,6-11,20H,5,12-19H2,1-2H3. The molecule has 2 aliphatic rings. The number of carbonyl (C=O) groups is 2. The summed E-state index contributed by atoms with van der Waals surface area (Å²) in [6, 6.07) is 13.4. The van der Waals surface area contributed by atoms with Gasteiger partial charge in [0.25, 0.3) is 11.8 Å². The molecule has 2 fully saturated rings. The Hall–Kier alpha value is -2.91. The zero-order valence-electron chi connectivity index (χ0n) is 20.4. The lowest BCUT2D eigenvalue weighted by molar-refractivity contribution is 0.0717. The van der Waals surface area contributed by atoms with Crippen LogP contribution in [0.1, 0.15) is 46.9 Å². The maximum absolute atomic E-state index is 13.1. The van der Waals surface area contributed by atoms with Crippen molar-refractivity contribution >= 4 is 21.8 Å². The summed E-state index contributed by atoms with van der Waals surface area (Å²) in [5, 5.41) is 0. The van der Waals surface area contributed by atoms with E-state index in [1.54, 1.807) is 47.2 Å². The van der Waals surface area contributed by atoms with E-state index in [1.165, 1.54) is 16.4 Å². The van der Waals surface area contributed by atoms with Crippen LogP contribution in [0.4, 0.5) is 0 Å². The van der Waals surface area contributed by atoms with Crippen LogP contribution in [-0.2, 0) is 10.0 Å². The van der Waals surface area contributed by atoms with Gasteiger partial charge in [0.15, 0.2) is 0 Å². The summed E-state index contributed by atoms with van der Waals surface area (Å²) >= 11 is 0.